The van der Waals surface area contributed by atoms with Crippen molar-refractivity contribution in [3.05, 3.63) is 62.6 Å². The molecule has 0 fully saturated rings. The summed E-state index contributed by atoms with van der Waals surface area (Å²) in [7, 11) is 3.12. The van der Waals surface area contributed by atoms with Crippen LogP contribution in [0.4, 0.5) is 4.39 Å². The predicted octanol–water partition coefficient (Wildman–Crippen LogP) is 1.59. The van der Waals surface area contributed by atoms with Crippen LogP contribution in [-0.4, -0.2) is 19.2 Å². The number of hydrogen-bond donors (Lipinski definition) is 0. The van der Waals surface area contributed by atoms with Gasteiger partial charge in [0, 0.05) is 0 Å². The first kappa shape index (κ1) is 17.5. The summed E-state index contributed by atoms with van der Waals surface area (Å²) in [5.41, 5.74) is 0.671. The van der Waals surface area contributed by atoms with Crippen LogP contribution in [0.15, 0.2) is 53.3 Å². The van der Waals surface area contributed by atoms with Crippen molar-refractivity contribution in [2.24, 2.45) is 0 Å². The summed E-state index contributed by atoms with van der Waals surface area (Å²) in [5, 5.41) is 0.710. The van der Waals surface area contributed by atoms with Crippen LogP contribution in [0, 0.1) is 9.39 Å². The van der Waals surface area contributed by atoms with Gasteiger partial charge in [0.15, 0.2) is 0 Å². The second kappa shape index (κ2) is 7.69. The van der Waals surface area contributed by atoms with E-state index in [1.807, 2.05) is 10.1 Å². The molecule has 25 heavy (non-hydrogen) atoms. The second-order valence-corrected chi connectivity index (χ2v) is 7.72. The number of ether oxygens (including phenoxy) is 3. The average molecular weight is 452 g/mol. The molecule has 0 amide bonds. The Hall–Kier alpha value is -2.35. The third kappa shape index (κ3) is 3.68. The van der Waals surface area contributed by atoms with Crippen LogP contribution in [0.2, 0.25) is 0 Å². The Kier molecular flexibility index (Phi) is 5.37. The van der Waals surface area contributed by atoms with E-state index >= 15 is 0 Å². The Morgan fingerprint density at radius 2 is 1.76 bits per heavy atom. The van der Waals surface area contributed by atoms with Crippen molar-refractivity contribution in [1.29, 1.82) is 0 Å². The molecule has 0 N–H and O–H groups in total. The summed E-state index contributed by atoms with van der Waals surface area (Å²) in [4.78, 5) is 4.31. The van der Waals surface area contributed by atoms with Crippen molar-refractivity contribution in [1.82, 2.24) is 4.98 Å². The molecule has 0 radical (unpaired) electrons. The summed E-state index contributed by atoms with van der Waals surface area (Å²) in [6.07, 6.45) is 1.61. The molecule has 0 saturated carbocycles. The number of pyridine rings is 1. The second-order valence-electron chi connectivity index (χ2n) is 4.97. The summed E-state index contributed by atoms with van der Waals surface area (Å²) < 4.78 is 33.5. The molecule has 0 aliphatic heterocycles. The van der Waals surface area contributed by atoms with E-state index in [0.717, 1.165) is 3.57 Å². The first-order valence-electron chi connectivity index (χ1n) is 7.38. The SMILES string of the molecule is C=C[I-]c1ccc(Oc2ccnc3cc(OC)c(OC)cc23)c(F)c1. The molecule has 1 heterocycles. The number of benzene rings is 2. The average Bonchev–Trinajstić information content (AvgIpc) is 2.63. The summed E-state index contributed by atoms with van der Waals surface area (Å²) in [6, 6.07) is 10.2. The van der Waals surface area contributed by atoms with Crippen LogP contribution >= 0.6 is 0 Å². The van der Waals surface area contributed by atoms with Crippen molar-refractivity contribution in [2.75, 3.05) is 14.2 Å². The van der Waals surface area contributed by atoms with E-state index in [1.54, 1.807) is 44.7 Å². The molecule has 0 bridgehead atoms. The summed E-state index contributed by atoms with van der Waals surface area (Å²) >= 11 is -0.374. The Labute approximate surface area is 155 Å². The molecule has 0 saturated heterocycles. The van der Waals surface area contributed by atoms with Gasteiger partial charge < -0.3 is 0 Å². The number of fused-ring (bicyclic) bond motifs is 1. The van der Waals surface area contributed by atoms with Gasteiger partial charge in [-0.15, -0.1) is 0 Å². The number of aromatic nitrogens is 1. The molecule has 0 aliphatic rings. The van der Waals surface area contributed by atoms with Crippen molar-refractivity contribution in [3.63, 3.8) is 0 Å². The maximum absolute atomic E-state index is 14.3. The fraction of sp³-hybridized carbons (Fsp3) is 0.105. The standard InChI is InChI=1S/C19H16FINO3/c1-4-21-12-5-6-17(14(20)9-12)25-16-7-8-22-15-11-19(24-3)18(23-2)10-13(15)16/h4-11H,1H2,2-3H3/q-1. The Bertz CT molecular complexity index is 930. The Balaban J connectivity index is 2.03. The van der Waals surface area contributed by atoms with Crippen molar-refractivity contribution < 1.29 is 39.8 Å². The van der Waals surface area contributed by atoms with Gasteiger partial charge >= 0.3 is 156 Å². The molecule has 2 aromatic carbocycles. The van der Waals surface area contributed by atoms with Crippen molar-refractivity contribution >= 4 is 10.9 Å². The molecule has 1 aromatic heterocycles. The van der Waals surface area contributed by atoms with E-state index in [2.05, 4.69) is 11.6 Å². The molecule has 6 heteroatoms. The predicted molar refractivity (Wildman–Crippen MR) is 90.2 cm³/mol. The van der Waals surface area contributed by atoms with Gasteiger partial charge in [0.1, 0.15) is 0 Å². The van der Waals surface area contributed by atoms with Gasteiger partial charge in [0.25, 0.3) is 0 Å². The van der Waals surface area contributed by atoms with E-state index in [-0.39, 0.29) is 27.0 Å². The number of hydrogen-bond acceptors (Lipinski definition) is 4. The molecule has 0 spiro atoms. The molecule has 3 aromatic rings. The summed E-state index contributed by atoms with van der Waals surface area (Å²) in [5.74, 6) is 1.39. The molecular formula is C19H16FINO3-. The fourth-order valence-electron chi connectivity index (χ4n) is 2.37. The molecule has 0 atom stereocenters. The third-order valence-electron chi connectivity index (χ3n) is 3.52. The zero-order valence-corrected chi connectivity index (χ0v) is 15.9. The van der Waals surface area contributed by atoms with Gasteiger partial charge in [-0.25, -0.2) is 0 Å². The monoisotopic (exact) mass is 452 g/mol. The molecule has 0 aliphatic carbocycles. The fourth-order valence-corrected chi connectivity index (χ4v) is 3.72. The number of halogens is 2. The minimum absolute atomic E-state index is 0.166. The quantitative estimate of drug-likeness (QED) is 0.533. The Morgan fingerprint density at radius 3 is 2.44 bits per heavy atom. The van der Waals surface area contributed by atoms with Crippen LogP contribution in [0.3, 0.4) is 0 Å². The molecular weight excluding hydrogens is 436 g/mol. The van der Waals surface area contributed by atoms with E-state index in [0.29, 0.717) is 28.2 Å². The first-order valence-corrected chi connectivity index (χ1v) is 9.71. The van der Waals surface area contributed by atoms with E-state index in [9.17, 15) is 4.39 Å². The number of rotatable bonds is 6. The van der Waals surface area contributed by atoms with Crippen LogP contribution in [0.25, 0.3) is 10.9 Å². The Morgan fingerprint density at radius 1 is 1.00 bits per heavy atom. The van der Waals surface area contributed by atoms with Gasteiger partial charge in [0.2, 0.25) is 0 Å². The minimum atomic E-state index is -0.399. The molecule has 0 unspecified atom stereocenters. The molecule has 3 rings (SSSR count). The van der Waals surface area contributed by atoms with E-state index in [4.69, 9.17) is 14.2 Å². The first-order chi connectivity index (χ1) is 12.2. The zero-order valence-electron chi connectivity index (χ0n) is 13.8. The number of methoxy groups -OCH3 is 2. The van der Waals surface area contributed by atoms with E-state index in [1.165, 1.54) is 6.07 Å². The molecule has 4 nitrogen and oxygen atoms in total. The van der Waals surface area contributed by atoms with Crippen LogP contribution in [0.1, 0.15) is 0 Å². The van der Waals surface area contributed by atoms with Gasteiger partial charge in [-0.05, 0) is 0 Å². The van der Waals surface area contributed by atoms with E-state index < -0.39 is 5.82 Å². The van der Waals surface area contributed by atoms with Crippen LogP contribution in [-0.2, 0) is 0 Å². The zero-order chi connectivity index (χ0) is 17.8. The van der Waals surface area contributed by atoms with Crippen LogP contribution in [0.5, 0.6) is 23.0 Å². The van der Waals surface area contributed by atoms with Gasteiger partial charge in [-0.1, -0.05) is 0 Å². The molecule has 130 valence electrons. The van der Waals surface area contributed by atoms with Crippen molar-refractivity contribution in [2.45, 2.75) is 0 Å². The summed E-state index contributed by atoms with van der Waals surface area (Å²) in [6.45, 7) is 3.71. The van der Waals surface area contributed by atoms with Gasteiger partial charge in [0.05, 0.1) is 0 Å². The topological polar surface area (TPSA) is 40.6 Å². The third-order valence-corrected chi connectivity index (χ3v) is 5.35. The van der Waals surface area contributed by atoms with Crippen molar-refractivity contribution in [3.8, 4) is 23.0 Å². The number of nitrogens with zero attached hydrogens (tertiary/aromatic N) is 1. The van der Waals surface area contributed by atoms with Crippen LogP contribution < -0.4 is 35.4 Å². The maximum atomic E-state index is 14.3. The normalized spacial score (nSPS) is 10.7. The van der Waals surface area contributed by atoms with Gasteiger partial charge in [-0.3, -0.25) is 0 Å². The van der Waals surface area contributed by atoms with Gasteiger partial charge in [-0.2, -0.15) is 0 Å².